The van der Waals surface area contributed by atoms with Crippen molar-refractivity contribution in [1.82, 2.24) is 4.98 Å². The molecule has 0 aliphatic heterocycles. The summed E-state index contributed by atoms with van der Waals surface area (Å²) in [6, 6.07) is 12.9. The minimum Gasteiger partial charge on any atom is -0.326 e. The van der Waals surface area contributed by atoms with E-state index in [9.17, 15) is 4.79 Å². The van der Waals surface area contributed by atoms with E-state index < -0.39 is 0 Å². The summed E-state index contributed by atoms with van der Waals surface area (Å²) in [4.78, 5) is 13.9. The molecule has 1 atom stereocenters. The lowest BCUT2D eigenvalue weighted by Crippen LogP contribution is -2.17. The summed E-state index contributed by atoms with van der Waals surface area (Å²) >= 11 is 0. The molecule has 0 saturated heterocycles. The molecular weight excluding hydrogens is 200 g/mol. The molecule has 0 amide bonds. The molecule has 2 rings (SSSR count). The normalized spacial score (nSPS) is 12.4. The van der Waals surface area contributed by atoms with Gasteiger partial charge in [0.15, 0.2) is 0 Å². The molecule has 16 heavy (non-hydrogen) atoms. The molecule has 3 heteroatoms. The maximum atomic E-state index is 11.1. The van der Waals surface area contributed by atoms with Crippen LogP contribution in [0.1, 0.15) is 22.9 Å². The van der Waals surface area contributed by atoms with Gasteiger partial charge in [-0.3, -0.25) is 4.79 Å². The van der Waals surface area contributed by atoms with Crippen LogP contribution in [0.4, 0.5) is 0 Å². The van der Waals surface area contributed by atoms with Gasteiger partial charge in [0, 0.05) is 11.8 Å². The van der Waals surface area contributed by atoms with E-state index in [-0.39, 0.29) is 11.6 Å². The number of hydrogen-bond donors (Lipinski definition) is 2. The molecule has 1 unspecified atom stereocenters. The number of rotatable bonds is 2. The predicted molar refractivity (Wildman–Crippen MR) is 64.3 cm³/mol. The fourth-order valence-corrected chi connectivity index (χ4v) is 1.77. The molecule has 0 spiro atoms. The number of H-pyrrole nitrogens is 1. The van der Waals surface area contributed by atoms with Crippen molar-refractivity contribution in [2.45, 2.75) is 13.0 Å². The molecule has 0 saturated carbocycles. The molecule has 3 N–H and O–H groups in total. The maximum absolute atomic E-state index is 11.1. The summed E-state index contributed by atoms with van der Waals surface area (Å²) in [7, 11) is 0. The molecule has 0 aliphatic carbocycles. The van der Waals surface area contributed by atoms with Gasteiger partial charge >= 0.3 is 0 Å². The lowest BCUT2D eigenvalue weighted by molar-refractivity contribution is 0.844. The van der Waals surface area contributed by atoms with Crippen LogP contribution in [0.2, 0.25) is 0 Å². The van der Waals surface area contributed by atoms with E-state index in [1.807, 2.05) is 37.3 Å². The monoisotopic (exact) mass is 214 g/mol. The molecule has 1 aromatic carbocycles. The van der Waals surface area contributed by atoms with E-state index in [2.05, 4.69) is 4.98 Å². The number of benzene rings is 1. The SMILES string of the molecule is Cc1[nH]c(=O)ccc1C(N)c1ccccc1. The second-order valence-electron chi connectivity index (χ2n) is 3.79. The van der Waals surface area contributed by atoms with Gasteiger partial charge in [0.05, 0.1) is 6.04 Å². The average molecular weight is 214 g/mol. The molecule has 3 nitrogen and oxygen atoms in total. The van der Waals surface area contributed by atoms with Gasteiger partial charge in [0.1, 0.15) is 0 Å². The third kappa shape index (κ3) is 2.04. The van der Waals surface area contributed by atoms with Crippen molar-refractivity contribution in [3.05, 3.63) is 69.6 Å². The Morgan fingerprint density at radius 3 is 2.44 bits per heavy atom. The fourth-order valence-electron chi connectivity index (χ4n) is 1.77. The third-order valence-electron chi connectivity index (χ3n) is 2.65. The first kappa shape index (κ1) is 10.6. The van der Waals surface area contributed by atoms with Crippen LogP contribution in [0.25, 0.3) is 0 Å². The second kappa shape index (κ2) is 4.33. The molecular formula is C13H14N2O. The Kier molecular flexibility index (Phi) is 2.88. The lowest BCUT2D eigenvalue weighted by atomic mass is 9.99. The number of nitrogens with one attached hydrogen (secondary N) is 1. The largest absolute Gasteiger partial charge is 0.326 e. The number of hydrogen-bond acceptors (Lipinski definition) is 2. The van der Waals surface area contributed by atoms with E-state index in [0.29, 0.717) is 0 Å². The van der Waals surface area contributed by atoms with Crippen molar-refractivity contribution in [2.75, 3.05) is 0 Å². The molecule has 0 aliphatic rings. The molecule has 82 valence electrons. The van der Waals surface area contributed by atoms with Gasteiger partial charge in [0.25, 0.3) is 0 Å². The number of aromatic amines is 1. The maximum Gasteiger partial charge on any atom is 0.248 e. The van der Waals surface area contributed by atoms with Crippen LogP contribution in [0.3, 0.4) is 0 Å². The van der Waals surface area contributed by atoms with Gasteiger partial charge in [-0.15, -0.1) is 0 Å². The zero-order valence-corrected chi connectivity index (χ0v) is 9.10. The summed E-state index contributed by atoms with van der Waals surface area (Å²) in [5, 5.41) is 0. The molecule has 0 fully saturated rings. The minimum absolute atomic E-state index is 0.0958. The quantitative estimate of drug-likeness (QED) is 0.799. The van der Waals surface area contributed by atoms with Crippen LogP contribution >= 0.6 is 0 Å². The van der Waals surface area contributed by atoms with E-state index in [4.69, 9.17) is 5.73 Å². The first-order valence-electron chi connectivity index (χ1n) is 5.19. The van der Waals surface area contributed by atoms with Crippen molar-refractivity contribution < 1.29 is 0 Å². The highest BCUT2D eigenvalue weighted by Gasteiger charge is 2.10. The van der Waals surface area contributed by atoms with E-state index in [1.165, 1.54) is 6.07 Å². The lowest BCUT2D eigenvalue weighted by Gasteiger charge is -2.14. The molecule has 0 bridgehead atoms. The predicted octanol–water partition coefficient (Wildman–Crippen LogP) is 1.73. The molecule has 0 radical (unpaired) electrons. The summed E-state index contributed by atoms with van der Waals surface area (Å²) < 4.78 is 0. The Hall–Kier alpha value is -1.87. The highest BCUT2D eigenvalue weighted by molar-refractivity contribution is 5.32. The zero-order valence-electron chi connectivity index (χ0n) is 9.10. The Morgan fingerprint density at radius 2 is 1.81 bits per heavy atom. The highest BCUT2D eigenvalue weighted by atomic mass is 16.1. The van der Waals surface area contributed by atoms with Crippen LogP contribution in [-0.4, -0.2) is 4.98 Å². The first-order chi connectivity index (χ1) is 7.68. The first-order valence-corrected chi connectivity index (χ1v) is 5.19. The van der Waals surface area contributed by atoms with Crippen LogP contribution < -0.4 is 11.3 Å². The van der Waals surface area contributed by atoms with Crippen LogP contribution in [0.5, 0.6) is 0 Å². The van der Waals surface area contributed by atoms with Gasteiger partial charge in [-0.05, 0) is 24.1 Å². The Balaban J connectivity index is 2.42. The van der Waals surface area contributed by atoms with Gasteiger partial charge in [-0.2, -0.15) is 0 Å². The van der Waals surface area contributed by atoms with Crippen molar-refractivity contribution in [1.29, 1.82) is 0 Å². The van der Waals surface area contributed by atoms with Crippen molar-refractivity contribution in [3.8, 4) is 0 Å². The Labute approximate surface area is 93.9 Å². The van der Waals surface area contributed by atoms with Gasteiger partial charge < -0.3 is 10.7 Å². The van der Waals surface area contributed by atoms with E-state index >= 15 is 0 Å². The van der Waals surface area contributed by atoms with Crippen LogP contribution in [0, 0.1) is 6.92 Å². The topological polar surface area (TPSA) is 58.9 Å². The van der Waals surface area contributed by atoms with Crippen molar-refractivity contribution >= 4 is 0 Å². The van der Waals surface area contributed by atoms with Gasteiger partial charge in [-0.25, -0.2) is 0 Å². The molecule has 2 aromatic rings. The smallest absolute Gasteiger partial charge is 0.248 e. The third-order valence-corrected chi connectivity index (χ3v) is 2.65. The number of aryl methyl sites for hydroxylation is 1. The molecule has 1 heterocycles. The van der Waals surface area contributed by atoms with E-state index in [0.717, 1.165) is 16.8 Å². The van der Waals surface area contributed by atoms with Gasteiger partial charge in [0.2, 0.25) is 5.56 Å². The van der Waals surface area contributed by atoms with Gasteiger partial charge in [-0.1, -0.05) is 30.3 Å². The Bertz CT molecular complexity index is 531. The van der Waals surface area contributed by atoms with Crippen LogP contribution in [-0.2, 0) is 0 Å². The number of pyridine rings is 1. The van der Waals surface area contributed by atoms with E-state index in [1.54, 1.807) is 6.07 Å². The summed E-state index contributed by atoms with van der Waals surface area (Å²) in [5.41, 5.74) is 8.86. The molecule has 1 aromatic heterocycles. The second-order valence-corrected chi connectivity index (χ2v) is 3.79. The summed E-state index contributed by atoms with van der Waals surface area (Å²) in [5.74, 6) is 0. The minimum atomic E-state index is -0.196. The van der Waals surface area contributed by atoms with Crippen molar-refractivity contribution in [2.24, 2.45) is 5.73 Å². The van der Waals surface area contributed by atoms with Crippen LogP contribution in [0.15, 0.2) is 47.3 Å². The summed E-state index contributed by atoms with van der Waals surface area (Å²) in [6.07, 6.45) is 0. The number of aromatic nitrogens is 1. The fraction of sp³-hybridized carbons (Fsp3) is 0.154. The Morgan fingerprint density at radius 1 is 1.12 bits per heavy atom. The average Bonchev–Trinajstić information content (AvgIpc) is 2.29. The summed E-state index contributed by atoms with van der Waals surface area (Å²) in [6.45, 7) is 1.86. The zero-order chi connectivity index (χ0) is 11.5. The van der Waals surface area contributed by atoms with Crippen molar-refractivity contribution in [3.63, 3.8) is 0 Å². The highest BCUT2D eigenvalue weighted by Crippen LogP contribution is 2.19. The standard InChI is InChI=1S/C13H14N2O/c1-9-11(7-8-12(16)15-9)13(14)10-5-3-2-4-6-10/h2-8,13H,14H2,1H3,(H,15,16). The number of nitrogens with two attached hydrogens (primary N) is 1.